The Balaban J connectivity index is 2.28. The van der Waals surface area contributed by atoms with E-state index in [1.165, 1.54) is 0 Å². The summed E-state index contributed by atoms with van der Waals surface area (Å²) in [6.07, 6.45) is 1.95. The molecule has 1 aromatic rings. The third kappa shape index (κ3) is 2.61. The zero-order valence-electron chi connectivity index (χ0n) is 11.7. The first-order valence-corrected chi connectivity index (χ1v) is 7.23. The molecule has 0 spiro atoms. The average Bonchev–Trinajstić information content (AvgIpc) is 2.68. The molecule has 0 amide bonds. The average molecular weight is 268 g/mol. The summed E-state index contributed by atoms with van der Waals surface area (Å²) in [4.78, 5) is 11.4. The molecule has 0 aromatic carbocycles. The Kier molecular flexibility index (Phi) is 4.10. The molecule has 4 heteroatoms. The molecule has 1 aromatic heterocycles. The molecular formula is C14H22ClN3. The number of hydrogen-bond donors (Lipinski definition) is 0. The summed E-state index contributed by atoms with van der Waals surface area (Å²) in [5.74, 6) is 3.12. The minimum Gasteiger partial charge on any atom is -0.368 e. The molecule has 0 N–H and O–H groups in total. The Morgan fingerprint density at radius 2 is 1.94 bits per heavy atom. The fourth-order valence-electron chi connectivity index (χ4n) is 2.39. The highest BCUT2D eigenvalue weighted by Gasteiger charge is 2.28. The third-order valence-corrected chi connectivity index (χ3v) is 4.09. The van der Waals surface area contributed by atoms with Crippen molar-refractivity contribution in [2.24, 2.45) is 11.8 Å². The minimum absolute atomic E-state index is 0.345. The van der Waals surface area contributed by atoms with E-state index >= 15 is 0 Å². The van der Waals surface area contributed by atoms with Gasteiger partial charge in [0.2, 0.25) is 0 Å². The van der Waals surface area contributed by atoms with E-state index in [0.717, 1.165) is 42.1 Å². The Morgan fingerprint density at radius 1 is 1.33 bits per heavy atom. The van der Waals surface area contributed by atoms with Crippen molar-refractivity contribution in [3.8, 4) is 0 Å². The van der Waals surface area contributed by atoms with E-state index in [2.05, 4.69) is 42.6 Å². The molecule has 0 radical (unpaired) electrons. The van der Waals surface area contributed by atoms with Crippen LogP contribution in [-0.4, -0.2) is 23.1 Å². The van der Waals surface area contributed by atoms with E-state index in [1.807, 2.05) is 6.20 Å². The lowest BCUT2D eigenvalue weighted by atomic mass is 10.0. The van der Waals surface area contributed by atoms with Crippen LogP contribution >= 0.6 is 11.6 Å². The molecule has 100 valence electrons. The maximum atomic E-state index is 6.04. The molecule has 3 nitrogen and oxygen atoms in total. The van der Waals surface area contributed by atoms with E-state index in [4.69, 9.17) is 11.6 Å². The summed E-state index contributed by atoms with van der Waals surface area (Å²) in [6.45, 7) is 11.0. The highest BCUT2D eigenvalue weighted by molar-refractivity contribution is 6.17. The number of nitrogens with zero attached hydrogens (tertiary/aromatic N) is 3. The second-order valence-corrected chi connectivity index (χ2v) is 5.98. The van der Waals surface area contributed by atoms with Crippen LogP contribution in [0.25, 0.3) is 0 Å². The van der Waals surface area contributed by atoms with E-state index < -0.39 is 0 Å². The standard InChI is InChI=1S/C14H22ClN3/c1-9(2)14-16-6-13(12(5-15)17-14)18-7-10(3)11(4)8-18/h6,9-11H,5,7-8H2,1-4H3. The Morgan fingerprint density at radius 3 is 2.44 bits per heavy atom. The van der Waals surface area contributed by atoms with E-state index in [9.17, 15) is 0 Å². The predicted molar refractivity (Wildman–Crippen MR) is 76.2 cm³/mol. The van der Waals surface area contributed by atoms with Gasteiger partial charge in [0.05, 0.1) is 23.5 Å². The van der Waals surface area contributed by atoms with Crippen LogP contribution in [0.3, 0.4) is 0 Å². The molecule has 2 rings (SSSR count). The summed E-state index contributed by atoms with van der Waals surface area (Å²) in [7, 11) is 0. The second-order valence-electron chi connectivity index (χ2n) is 5.71. The normalized spacial score (nSPS) is 24.0. The quantitative estimate of drug-likeness (QED) is 0.786. The van der Waals surface area contributed by atoms with Crippen LogP contribution in [-0.2, 0) is 5.88 Å². The Hall–Kier alpha value is -0.830. The van der Waals surface area contributed by atoms with Crippen LogP contribution in [0.15, 0.2) is 6.20 Å². The van der Waals surface area contributed by atoms with Gasteiger partial charge in [0.25, 0.3) is 0 Å². The van der Waals surface area contributed by atoms with Gasteiger partial charge in [-0.2, -0.15) is 0 Å². The van der Waals surface area contributed by atoms with Crippen molar-refractivity contribution in [1.29, 1.82) is 0 Å². The molecule has 0 aliphatic carbocycles. The number of rotatable bonds is 3. The molecule has 2 unspecified atom stereocenters. The zero-order chi connectivity index (χ0) is 13.3. The SMILES string of the molecule is CC(C)c1ncc(N2CC(C)C(C)C2)c(CCl)n1. The van der Waals surface area contributed by atoms with E-state index in [-0.39, 0.29) is 0 Å². The fraction of sp³-hybridized carbons (Fsp3) is 0.714. The molecule has 0 bridgehead atoms. The van der Waals surface area contributed by atoms with Crippen molar-refractivity contribution < 1.29 is 0 Å². The smallest absolute Gasteiger partial charge is 0.131 e. The van der Waals surface area contributed by atoms with Crippen molar-refractivity contribution in [2.45, 2.75) is 39.5 Å². The Labute approximate surface area is 115 Å². The van der Waals surface area contributed by atoms with Gasteiger partial charge in [-0.3, -0.25) is 0 Å². The van der Waals surface area contributed by atoms with Crippen molar-refractivity contribution >= 4 is 17.3 Å². The van der Waals surface area contributed by atoms with Crippen LogP contribution in [0.2, 0.25) is 0 Å². The molecule has 18 heavy (non-hydrogen) atoms. The minimum atomic E-state index is 0.345. The van der Waals surface area contributed by atoms with Gasteiger partial charge >= 0.3 is 0 Å². The van der Waals surface area contributed by atoms with E-state index in [1.54, 1.807) is 0 Å². The lowest BCUT2D eigenvalue weighted by Crippen LogP contribution is -2.22. The molecule has 1 saturated heterocycles. The topological polar surface area (TPSA) is 29.0 Å². The maximum Gasteiger partial charge on any atom is 0.131 e. The van der Waals surface area contributed by atoms with Crippen LogP contribution in [0.4, 0.5) is 5.69 Å². The molecule has 2 heterocycles. The van der Waals surface area contributed by atoms with Gasteiger partial charge in [0.1, 0.15) is 5.82 Å². The third-order valence-electron chi connectivity index (χ3n) is 3.84. The number of hydrogen-bond acceptors (Lipinski definition) is 3. The second kappa shape index (κ2) is 5.43. The predicted octanol–water partition coefficient (Wildman–Crippen LogP) is 3.43. The van der Waals surface area contributed by atoms with Gasteiger partial charge in [-0.05, 0) is 11.8 Å². The lowest BCUT2D eigenvalue weighted by Gasteiger charge is -2.21. The monoisotopic (exact) mass is 267 g/mol. The Bertz CT molecular complexity index is 410. The van der Waals surface area contributed by atoms with Crippen molar-refractivity contribution in [3.05, 3.63) is 17.7 Å². The fourth-order valence-corrected chi connectivity index (χ4v) is 2.59. The number of aromatic nitrogens is 2. The highest BCUT2D eigenvalue weighted by Crippen LogP contribution is 2.30. The van der Waals surface area contributed by atoms with E-state index in [0.29, 0.717) is 11.8 Å². The molecular weight excluding hydrogens is 246 g/mol. The largest absolute Gasteiger partial charge is 0.368 e. The van der Waals surface area contributed by atoms with Crippen LogP contribution in [0, 0.1) is 11.8 Å². The van der Waals surface area contributed by atoms with Gasteiger partial charge in [0, 0.05) is 19.0 Å². The number of halogens is 1. The number of anilines is 1. The molecule has 0 saturated carbocycles. The summed E-state index contributed by atoms with van der Waals surface area (Å²) in [5, 5.41) is 0. The summed E-state index contributed by atoms with van der Waals surface area (Å²) < 4.78 is 0. The van der Waals surface area contributed by atoms with Gasteiger partial charge in [-0.1, -0.05) is 27.7 Å². The van der Waals surface area contributed by atoms with Gasteiger partial charge < -0.3 is 4.90 Å². The first-order valence-electron chi connectivity index (χ1n) is 6.69. The van der Waals surface area contributed by atoms with Crippen LogP contribution in [0.1, 0.15) is 45.1 Å². The molecule has 1 fully saturated rings. The van der Waals surface area contributed by atoms with Crippen molar-refractivity contribution in [1.82, 2.24) is 9.97 Å². The molecule has 1 aliphatic rings. The first kappa shape index (κ1) is 13.6. The van der Waals surface area contributed by atoms with Crippen LogP contribution < -0.4 is 4.90 Å². The molecule has 1 aliphatic heterocycles. The van der Waals surface area contributed by atoms with Gasteiger partial charge in [-0.25, -0.2) is 9.97 Å². The van der Waals surface area contributed by atoms with Crippen molar-refractivity contribution in [2.75, 3.05) is 18.0 Å². The number of alkyl halides is 1. The molecule has 2 atom stereocenters. The summed E-state index contributed by atoms with van der Waals surface area (Å²) in [5.41, 5.74) is 2.09. The van der Waals surface area contributed by atoms with Crippen LogP contribution in [0.5, 0.6) is 0 Å². The zero-order valence-corrected chi connectivity index (χ0v) is 12.4. The highest BCUT2D eigenvalue weighted by atomic mass is 35.5. The first-order chi connectivity index (χ1) is 8.52. The van der Waals surface area contributed by atoms with Gasteiger partial charge in [0.15, 0.2) is 0 Å². The maximum absolute atomic E-state index is 6.04. The summed E-state index contributed by atoms with van der Waals surface area (Å²) in [6, 6.07) is 0. The van der Waals surface area contributed by atoms with Crippen molar-refractivity contribution in [3.63, 3.8) is 0 Å². The van der Waals surface area contributed by atoms with Gasteiger partial charge in [-0.15, -0.1) is 11.6 Å². The lowest BCUT2D eigenvalue weighted by molar-refractivity contribution is 0.494. The summed E-state index contributed by atoms with van der Waals surface area (Å²) >= 11 is 6.04.